The molecule has 1 saturated carbocycles. The van der Waals surface area contributed by atoms with Crippen molar-refractivity contribution < 1.29 is 17.9 Å². The van der Waals surface area contributed by atoms with Crippen LogP contribution in [0.15, 0.2) is 0 Å². The van der Waals surface area contributed by atoms with Crippen LogP contribution in [0.3, 0.4) is 0 Å². The number of hydrogen-bond acceptors (Lipinski definition) is 4. The first-order valence-electron chi connectivity index (χ1n) is 6.19. The van der Waals surface area contributed by atoms with E-state index in [0.29, 0.717) is 19.8 Å². The molecule has 5 nitrogen and oxygen atoms in total. The van der Waals surface area contributed by atoms with Crippen molar-refractivity contribution in [3.8, 4) is 0 Å². The van der Waals surface area contributed by atoms with Gasteiger partial charge in [0.25, 0.3) is 0 Å². The lowest BCUT2D eigenvalue weighted by atomic mass is 9.76. The Kier molecular flexibility index (Phi) is 4.07. The molecule has 17 heavy (non-hydrogen) atoms. The molecule has 2 fully saturated rings. The Morgan fingerprint density at radius 2 is 1.88 bits per heavy atom. The highest BCUT2D eigenvalue weighted by atomic mass is 32.2. The van der Waals surface area contributed by atoms with Gasteiger partial charge in [-0.05, 0) is 12.8 Å². The van der Waals surface area contributed by atoms with E-state index in [0.717, 1.165) is 25.7 Å². The highest BCUT2D eigenvalue weighted by Crippen LogP contribution is 2.38. The topological polar surface area (TPSA) is 78.6 Å². The average Bonchev–Trinajstić information content (AvgIpc) is 2.13. The number of primary sulfonamides is 1. The van der Waals surface area contributed by atoms with Crippen LogP contribution in [0.25, 0.3) is 0 Å². The van der Waals surface area contributed by atoms with Crippen LogP contribution in [-0.2, 0) is 19.5 Å². The van der Waals surface area contributed by atoms with Crippen LogP contribution >= 0.6 is 0 Å². The minimum Gasteiger partial charge on any atom is -0.376 e. The van der Waals surface area contributed by atoms with E-state index in [9.17, 15) is 8.42 Å². The van der Waals surface area contributed by atoms with Crippen molar-refractivity contribution >= 4 is 10.0 Å². The number of ether oxygens (including phenoxy) is 2. The van der Waals surface area contributed by atoms with Gasteiger partial charge in [0.2, 0.25) is 10.0 Å². The molecule has 0 amide bonds. The van der Waals surface area contributed by atoms with Crippen LogP contribution in [0.1, 0.15) is 32.1 Å². The van der Waals surface area contributed by atoms with E-state index in [2.05, 4.69) is 0 Å². The monoisotopic (exact) mass is 263 g/mol. The van der Waals surface area contributed by atoms with Crippen molar-refractivity contribution in [2.45, 2.75) is 38.2 Å². The Bertz CT molecular complexity index is 344. The van der Waals surface area contributed by atoms with Gasteiger partial charge in [-0.15, -0.1) is 0 Å². The normalized spacial score (nSPS) is 25.5. The van der Waals surface area contributed by atoms with Crippen molar-refractivity contribution in [1.82, 2.24) is 0 Å². The smallest absolute Gasteiger partial charge is 0.209 e. The highest BCUT2D eigenvalue weighted by molar-refractivity contribution is 7.89. The molecule has 0 spiro atoms. The van der Waals surface area contributed by atoms with Crippen LogP contribution < -0.4 is 5.14 Å². The van der Waals surface area contributed by atoms with Gasteiger partial charge in [-0.2, -0.15) is 0 Å². The molecule has 0 atom stereocenters. The summed E-state index contributed by atoms with van der Waals surface area (Å²) in [5, 5.41) is 5.20. The maximum absolute atomic E-state index is 11.3. The molecule has 0 radical (unpaired) electrons. The first kappa shape index (κ1) is 13.3. The summed E-state index contributed by atoms with van der Waals surface area (Å²) in [5.41, 5.74) is -0.262. The summed E-state index contributed by atoms with van der Waals surface area (Å²) in [4.78, 5) is 0. The molecule has 0 bridgehead atoms. The third-order valence-corrected chi connectivity index (χ3v) is 4.67. The lowest BCUT2D eigenvalue weighted by molar-refractivity contribution is -0.147. The van der Waals surface area contributed by atoms with Gasteiger partial charge < -0.3 is 9.47 Å². The van der Waals surface area contributed by atoms with Gasteiger partial charge in [0, 0.05) is 5.41 Å². The van der Waals surface area contributed by atoms with Crippen molar-refractivity contribution in [2.75, 3.05) is 25.6 Å². The molecule has 1 aliphatic carbocycles. The number of nitrogens with two attached hydrogens (primary N) is 1. The number of hydrogen-bond donors (Lipinski definition) is 1. The minimum absolute atomic E-state index is 0.0492. The Balaban J connectivity index is 1.95. The average molecular weight is 263 g/mol. The van der Waals surface area contributed by atoms with E-state index in [1.807, 2.05) is 0 Å². The zero-order valence-electron chi connectivity index (χ0n) is 10.1. The molecule has 1 saturated heterocycles. The zero-order chi connectivity index (χ0) is 12.4. The van der Waals surface area contributed by atoms with E-state index in [-0.39, 0.29) is 17.3 Å². The van der Waals surface area contributed by atoms with E-state index in [1.165, 1.54) is 6.42 Å². The molecule has 0 aromatic heterocycles. The van der Waals surface area contributed by atoms with Crippen LogP contribution in [0.2, 0.25) is 0 Å². The Labute approximate surface area is 103 Å². The van der Waals surface area contributed by atoms with E-state index in [4.69, 9.17) is 14.6 Å². The van der Waals surface area contributed by atoms with Gasteiger partial charge in [-0.1, -0.05) is 19.3 Å². The predicted molar refractivity (Wildman–Crippen MR) is 64.1 cm³/mol. The van der Waals surface area contributed by atoms with Gasteiger partial charge in [0.1, 0.15) is 6.10 Å². The largest absolute Gasteiger partial charge is 0.376 e. The second kappa shape index (κ2) is 5.22. The first-order valence-corrected chi connectivity index (χ1v) is 7.91. The standard InChI is InChI=1S/C11H21NO4S/c12-17(13,14)9-11(4-2-1-3-5-11)8-16-10-6-15-7-10/h10H,1-9H2,(H2,12,13,14). The summed E-state index contributed by atoms with van der Waals surface area (Å²) in [5.74, 6) is 0.0492. The van der Waals surface area contributed by atoms with Crippen molar-refractivity contribution in [1.29, 1.82) is 0 Å². The maximum atomic E-state index is 11.3. The molecule has 2 aliphatic rings. The van der Waals surface area contributed by atoms with E-state index < -0.39 is 10.0 Å². The Morgan fingerprint density at radius 3 is 2.35 bits per heavy atom. The second-order valence-corrected chi connectivity index (χ2v) is 6.95. The van der Waals surface area contributed by atoms with Gasteiger partial charge in [0.05, 0.1) is 25.6 Å². The van der Waals surface area contributed by atoms with Crippen molar-refractivity contribution in [2.24, 2.45) is 10.6 Å². The molecular weight excluding hydrogens is 242 g/mol. The summed E-state index contributed by atoms with van der Waals surface area (Å²) in [6.45, 7) is 1.76. The molecule has 0 aromatic carbocycles. The summed E-state index contributed by atoms with van der Waals surface area (Å²) >= 11 is 0. The Hall–Kier alpha value is -0.170. The fourth-order valence-corrected chi connectivity index (χ4v) is 3.89. The minimum atomic E-state index is -3.43. The molecule has 6 heteroatoms. The SMILES string of the molecule is NS(=O)(=O)CC1(COC2COC2)CCCCC1. The van der Waals surface area contributed by atoms with E-state index in [1.54, 1.807) is 0 Å². The van der Waals surface area contributed by atoms with Crippen molar-refractivity contribution in [3.05, 3.63) is 0 Å². The molecule has 0 aromatic rings. The van der Waals surface area contributed by atoms with Gasteiger partial charge >= 0.3 is 0 Å². The zero-order valence-corrected chi connectivity index (χ0v) is 10.9. The lowest BCUT2D eigenvalue weighted by Gasteiger charge is -2.38. The lowest BCUT2D eigenvalue weighted by Crippen LogP contribution is -2.44. The third-order valence-electron chi connectivity index (χ3n) is 3.65. The summed E-state index contributed by atoms with van der Waals surface area (Å²) in [6, 6.07) is 0. The molecule has 1 heterocycles. The van der Waals surface area contributed by atoms with Crippen LogP contribution in [0, 0.1) is 5.41 Å². The van der Waals surface area contributed by atoms with Gasteiger partial charge in [-0.3, -0.25) is 0 Å². The highest BCUT2D eigenvalue weighted by Gasteiger charge is 2.37. The fraction of sp³-hybridized carbons (Fsp3) is 1.00. The van der Waals surface area contributed by atoms with Gasteiger partial charge in [0.15, 0.2) is 0 Å². The molecule has 1 aliphatic heterocycles. The Morgan fingerprint density at radius 1 is 1.24 bits per heavy atom. The van der Waals surface area contributed by atoms with Crippen molar-refractivity contribution in [3.63, 3.8) is 0 Å². The van der Waals surface area contributed by atoms with Crippen LogP contribution in [0.5, 0.6) is 0 Å². The van der Waals surface area contributed by atoms with Crippen LogP contribution in [-0.4, -0.2) is 40.1 Å². The summed E-state index contributed by atoms with van der Waals surface area (Å²) < 4.78 is 33.4. The summed E-state index contributed by atoms with van der Waals surface area (Å²) in [7, 11) is -3.43. The molecule has 100 valence electrons. The number of rotatable bonds is 5. The summed E-state index contributed by atoms with van der Waals surface area (Å²) in [6.07, 6.45) is 5.27. The second-order valence-electron chi connectivity index (χ2n) is 5.34. The first-order chi connectivity index (χ1) is 7.99. The predicted octanol–water partition coefficient (Wildman–Crippen LogP) is 0.641. The molecular formula is C11H21NO4S. The van der Waals surface area contributed by atoms with Gasteiger partial charge in [-0.25, -0.2) is 13.6 Å². The fourth-order valence-electron chi connectivity index (χ4n) is 2.66. The number of sulfonamides is 1. The quantitative estimate of drug-likeness (QED) is 0.789. The van der Waals surface area contributed by atoms with E-state index >= 15 is 0 Å². The molecule has 0 unspecified atom stereocenters. The third kappa shape index (κ3) is 3.91. The maximum Gasteiger partial charge on any atom is 0.209 e. The molecule has 2 N–H and O–H groups in total. The van der Waals surface area contributed by atoms with Crippen LogP contribution in [0.4, 0.5) is 0 Å². The molecule has 2 rings (SSSR count).